The van der Waals surface area contributed by atoms with E-state index < -0.39 is 4.92 Å². The lowest BCUT2D eigenvalue weighted by atomic mass is 9.98. The van der Waals surface area contributed by atoms with Gasteiger partial charge < -0.3 is 10.5 Å². The summed E-state index contributed by atoms with van der Waals surface area (Å²) in [6.07, 6.45) is 1.52. The van der Waals surface area contributed by atoms with E-state index in [0.717, 1.165) is 12.0 Å². The zero-order valence-electron chi connectivity index (χ0n) is 12.6. The van der Waals surface area contributed by atoms with Crippen molar-refractivity contribution in [3.63, 3.8) is 0 Å². The van der Waals surface area contributed by atoms with Gasteiger partial charge in [-0.1, -0.05) is 19.9 Å². The second kappa shape index (κ2) is 7.24. The molecule has 0 aliphatic carbocycles. The Kier molecular flexibility index (Phi) is 5.95. The fraction of sp³-hybridized carbons (Fsp3) is 0.600. The van der Waals surface area contributed by atoms with Gasteiger partial charge in [0.2, 0.25) is 0 Å². The number of nitrogens with two attached hydrogens (primary N) is 1. The quantitative estimate of drug-likeness (QED) is 0.614. The molecule has 0 aliphatic rings. The van der Waals surface area contributed by atoms with Crippen molar-refractivity contribution in [2.24, 2.45) is 11.7 Å². The largest absolute Gasteiger partial charge is 0.484 e. The first kappa shape index (κ1) is 16.4. The summed E-state index contributed by atoms with van der Waals surface area (Å²) >= 11 is 0. The molecule has 0 fully saturated rings. The average molecular weight is 280 g/mol. The van der Waals surface area contributed by atoms with Crippen LogP contribution in [0.25, 0.3) is 0 Å². The minimum absolute atomic E-state index is 0.000110. The van der Waals surface area contributed by atoms with Crippen LogP contribution in [0.1, 0.15) is 39.7 Å². The van der Waals surface area contributed by atoms with E-state index in [4.69, 9.17) is 10.5 Å². The van der Waals surface area contributed by atoms with Crippen molar-refractivity contribution in [1.29, 1.82) is 0 Å². The molecule has 0 amide bonds. The summed E-state index contributed by atoms with van der Waals surface area (Å²) in [5, 5.41) is 11.0. The van der Waals surface area contributed by atoms with E-state index in [-0.39, 0.29) is 17.8 Å². The molecule has 1 aromatic carbocycles. The van der Waals surface area contributed by atoms with Crippen LogP contribution >= 0.6 is 0 Å². The Morgan fingerprint density at radius 1 is 1.30 bits per heavy atom. The number of hydrogen-bond donors (Lipinski definition) is 1. The highest BCUT2D eigenvalue weighted by Crippen LogP contribution is 2.29. The van der Waals surface area contributed by atoms with Crippen LogP contribution in [0.5, 0.6) is 5.75 Å². The van der Waals surface area contributed by atoms with E-state index in [9.17, 15) is 10.1 Å². The molecule has 1 aromatic rings. The standard InChI is InChI=1S/C15H24N2O3/c1-10(2)7-13(16)8-12-5-6-14(17(18)19)15(9-12)20-11(3)4/h5-6,9-11,13H,7-8,16H2,1-4H3. The number of nitro groups is 1. The molecular formula is C15H24N2O3. The first-order valence-corrected chi connectivity index (χ1v) is 6.99. The molecule has 0 aromatic heterocycles. The maximum Gasteiger partial charge on any atom is 0.310 e. The summed E-state index contributed by atoms with van der Waals surface area (Å²) < 4.78 is 5.53. The van der Waals surface area contributed by atoms with Gasteiger partial charge in [-0.2, -0.15) is 0 Å². The SMILES string of the molecule is CC(C)CC(N)Cc1ccc([N+](=O)[O-])c(OC(C)C)c1. The predicted octanol–water partition coefficient (Wildman–Crippen LogP) is 3.30. The van der Waals surface area contributed by atoms with Crippen LogP contribution in [0.15, 0.2) is 18.2 Å². The number of nitrogens with zero attached hydrogens (tertiary/aromatic N) is 1. The molecule has 5 nitrogen and oxygen atoms in total. The Bertz CT molecular complexity index is 458. The summed E-state index contributed by atoms with van der Waals surface area (Å²) in [7, 11) is 0. The Morgan fingerprint density at radius 2 is 1.95 bits per heavy atom. The van der Waals surface area contributed by atoms with Crippen LogP contribution in [-0.4, -0.2) is 17.1 Å². The molecule has 112 valence electrons. The maximum atomic E-state index is 11.0. The Hall–Kier alpha value is -1.62. The zero-order chi connectivity index (χ0) is 15.3. The van der Waals surface area contributed by atoms with Crippen molar-refractivity contribution in [3.05, 3.63) is 33.9 Å². The second-order valence-corrected chi connectivity index (χ2v) is 5.82. The minimum atomic E-state index is -0.421. The van der Waals surface area contributed by atoms with Crippen LogP contribution in [-0.2, 0) is 6.42 Å². The first-order valence-electron chi connectivity index (χ1n) is 6.99. The number of hydrogen-bond acceptors (Lipinski definition) is 4. The van der Waals surface area contributed by atoms with Crippen molar-refractivity contribution >= 4 is 5.69 Å². The zero-order valence-corrected chi connectivity index (χ0v) is 12.6. The molecule has 0 bridgehead atoms. The van der Waals surface area contributed by atoms with E-state index in [1.54, 1.807) is 12.1 Å². The highest BCUT2D eigenvalue weighted by atomic mass is 16.6. The van der Waals surface area contributed by atoms with Crippen molar-refractivity contribution in [1.82, 2.24) is 0 Å². The summed E-state index contributed by atoms with van der Waals surface area (Å²) in [6, 6.07) is 5.04. The van der Waals surface area contributed by atoms with Gasteiger partial charge in [0.15, 0.2) is 5.75 Å². The van der Waals surface area contributed by atoms with E-state index in [1.807, 2.05) is 13.8 Å². The molecule has 0 spiro atoms. The smallest absolute Gasteiger partial charge is 0.310 e. The van der Waals surface area contributed by atoms with Gasteiger partial charge in [0, 0.05) is 12.1 Å². The summed E-state index contributed by atoms with van der Waals surface area (Å²) in [4.78, 5) is 10.6. The van der Waals surface area contributed by atoms with Gasteiger partial charge in [-0.05, 0) is 44.2 Å². The minimum Gasteiger partial charge on any atom is -0.484 e. The molecule has 20 heavy (non-hydrogen) atoms. The van der Waals surface area contributed by atoms with Gasteiger partial charge >= 0.3 is 5.69 Å². The van der Waals surface area contributed by atoms with Crippen LogP contribution in [0.3, 0.4) is 0 Å². The molecule has 0 aliphatic heterocycles. The average Bonchev–Trinajstić information content (AvgIpc) is 2.26. The van der Waals surface area contributed by atoms with Crippen LogP contribution in [0, 0.1) is 16.0 Å². The summed E-state index contributed by atoms with van der Waals surface area (Å²) in [5.41, 5.74) is 7.05. The van der Waals surface area contributed by atoms with Gasteiger partial charge in [0.05, 0.1) is 11.0 Å². The topological polar surface area (TPSA) is 78.4 Å². The lowest BCUT2D eigenvalue weighted by Gasteiger charge is -2.15. The molecular weight excluding hydrogens is 256 g/mol. The molecule has 0 saturated carbocycles. The van der Waals surface area contributed by atoms with E-state index in [2.05, 4.69) is 13.8 Å². The molecule has 1 unspecified atom stereocenters. The monoisotopic (exact) mass is 280 g/mol. The van der Waals surface area contributed by atoms with Gasteiger partial charge in [-0.25, -0.2) is 0 Å². The number of nitro benzene ring substituents is 1. The van der Waals surface area contributed by atoms with Crippen LogP contribution < -0.4 is 10.5 Å². The summed E-state index contributed by atoms with van der Waals surface area (Å²) in [5.74, 6) is 0.855. The summed E-state index contributed by atoms with van der Waals surface area (Å²) in [6.45, 7) is 7.95. The Labute approximate surface area is 120 Å². The van der Waals surface area contributed by atoms with Gasteiger partial charge in [0.1, 0.15) is 0 Å². The maximum absolute atomic E-state index is 11.0. The fourth-order valence-corrected chi connectivity index (χ4v) is 2.18. The molecule has 5 heteroatoms. The normalized spacial score (nSPS) is 12.8. The molecule has 0 heterocycles. The van der Waals surface area contributed by atoms with E-state index >= 15 is 0 Å². The lowest BCUT2D eigenvalue weighted by Crippen LogP contribution is -2.24. The number of benzene rings is 1. The highest BCUT2D eigenvalue weighted by molar-refractivity contribution is 5.48. The van der Waals surface area contributed by atoms with Gasteiger partial charge in [-0.3, -0.25) is 10.1 Å². The van der Waals surface area contributed by atoms with Crippen molar-refractivity contribution in [2.45, 2.75) is 52.7 Å². The highest BCUT2D eigenvalue weighted by Gasteiger charge is 2.17. The first-order chi connectivity index (χ1) is 9.29. The Morgan fingerprint density at radius 3 is 2.45 bits per heavy atom. The third-order valence-corrected chi connectivity index (χ3v) is 2.86. The van der Waals surface area contributed by atoms with Crippen molar-refractivity contribution < 1.29 is 9.66 Å². The Balaban J connectivity index is 2.91. The van der Waals surface area contributed by atoms with Crippen molar-refractivity contribution in [3.8, 4) is 5.75 Å². The lowest BCUT2D eigenvalue weighted by molar-refractivity contribution is -0.386. The molecule has 1 rings (SSSR count). The fourth-order valence-electron chi connectivity index (χ4n) is 2.18. The molecule has 0 radical (unpaired) electrons. The molecule has 0 saturated heterocycles. The van der Waals surface area contributed by atoms with Gasteiger partial charge in [-0.15, -0.1) is 0 Å². The van der Waals surface area contributed by atoms with Crippen LogP contribution in [0.2, 0.25) is 0 Å². The molecule has 2 N–H and O–H groups in total. The van der Waals surface area contributed by atoms with E-state index in [0.29, 0.717) is 18.1 Å². The molecule has 1 atom stereocenters. The van der Waals surface area contributed by atoms with E-state index in [1.165, 1.54) is 6.07 Å². The predicted molar refractivity (Wildman–Crippen MR) is 80.0 cm³/mol. The number of rotatable bonds is 7. The third-order valence-electron chi connectivity index (χ3n) is 2.86. The number of ether oxygens (including phenoxy) is 1. The van der Waals surface area contributed by atoms with Crippen molar-refractivity contribution in [2.75, 3.05) is 0 Å². The van der Waals surface area contributed by atoms with Gasteiger partial charge in [0.25, 0.3) is 0 Å². The third kappa shape index (κ3) is 5.17. The van der Waals surface area contributed by atoms with Crippen LogP contribution in [0.4, 0.5) is 5.69 Å². The second-order valence-electron chi connectivity index (χ2n) is 5.82.